The number of hydrogen-bond acceptors (Lipinski definition) is 5. The maximum Gasteiger partial charge on any atom is 0.216 e. The van der Waals surface area contributed by atoms with E-state index in [1.807, 2.05) is 0 Å². The number of furan rings is 5. The van der Waals surface area contributed by atoms with Crippen LogP contribution in [0.15, 0.2) is 350 Å². The molecule has 0 bridgehead atoms. The zero-order valence-electron chi connectivity index (χ0n) is 86.6. The Balaban J connectivity index is 0.000000100. The minimum Gasteiger partial charge on any atom is -0.454 e. The van der Waals surface area contributed by atoms with Gasteiger partial charge in [0, 0.05) is 139 Å². The van der Waals surface area contributed by atoms with Crippen LogP contribution < -0.4 is 22.8 Å². The van der Waals surface area contributed by atoms with Crippen molar-refractivity contribution < 1.29 is 44.9 Å². The molecule has 2 aliphatic carbocycles. The molecule has 145 heavy (non-hydrogen) atoms. The van der Waals surface area contributed by atoms with E-state index in [0.29, 0.717) is 11.8 Å². The number of aromatic nitrogens is 5. The highest BCUT2D eigenvalue weighted by molar-refractivity contribution is 6.22. The maximum atomic E-state index is 6.62. The van der Waals surface area contributed by atoms with Crippen LogP contribution in [0.1, 0.15) is 171 Å². The average molecular weight is 1900 g/mol. The van der Waals surface area contributed by atoms with Gasteiger partial charge in [-0.15, -0.1) is 0 Å². The Hall–Kier alpha value is -15.7. The molecule has 15 aromatic carbocycles. The third-order valence-corrected chi connectivity index (χ3v) is 31.8. The van der Waals surface area contributed by atoms with E-state index >= 15 is 0 Å². The summed E-state index contributed by atoms with van der Waals surface area (Å²) in [6, 6.07) is 107. The van der Waals surface area contributed by atoms with Crippen molar-refractivity contribution in [2.45, 2.75) is 164 Å². The standard InChI is InChI=1S/C29H28NO.C28H26NO.C27H26NO.C26H24NO.C25H22NO/c1-19-12-15-25-24-16-13-21-10-6-7-11-23(21)28(24)31-29(25)27(19)26-17-14-22(18-30(26)2)20-8-4-3-5-9-20;1-18-11-14-24-23-15-12-20-9-5-6-10-22(20)27(23)30-28(24)26(18)25-16-13-21(17-29(25)2)19-7-3-4-8-19;1-17-10-13-22-21-14-11-18-8-6-7-9-20(18)25(21)29-26(22)24(17)23-15-12-19(16-28(23)5)27(2,3)4;1-16(2)19-11-14-23(27(4)15-19)24-17(3)9-12-22-21-13-10-18-7-5-6-8-20(18)25(21)28-26(22)24;1-15-9-11-21-20-12-10-18-7-5-6-8-19(18)24(20)27-25(21)23(15)22-13-16(2)17(3)14-26(22)4/h6-7,10-18,20H,3-5,8-9H2,1-2H3;5-6,9-17,19H,3-4,7-8H2,1-2H3;6-16H,1-5H3;5-16H,1-4H3;5-14H,1-4H3/q5*+1. The van der Waals surface area contributed by atoms with Gasteiger partial charge in [-0.2, -0.15) is 0 Å². The van der Waals surface area contributed by atoms with Crippen LogP contribution in [0.25, 0.3) is 220 Å². The molecule has 27 rings (SSSR count). The Morgan fingerprint density at radius 1 is 0.228 bits per heavy atom. The molecule has 10 heteroatoms. The third kappa shape index (κ3) is 16.7. The van der Waals surface area contributed by atoms with Crippen LogP contribution in [0.3, 0.4) is 0 Å². The summed E-state index contributed by atoms with van der Waals surface area (Å²) in [4.78, 5) is 0. The van der Waals surface area contributed by atoms with Crippen LogP contribution in [-0.2, 0) is 40.7 Å². The summed E-state index contributed by atoms with van der Waals surface area (Å²) in [6.07, 6.45) is 23.5. The Bertz CT molecular complexity index is 9500. The molecule has 0 unspecified atom stereocenters. The molecule has 0 atom stereocenters. The molecule has 10 nitrogen and oxygen atoms in total. The minimum atomic E-state index is 0.121. The van der Waals surface area contributed by atoms with Gasteiger partial charge in [0.05, 0.1) is 27.8 Å². The molecule has 716 valence electrons. The average Bonchev–Trinajstić information content (AvgIpc) is 1.60. The van der Waals surface area contributed by atoms with E-state index in [9.17, 15) is 0 Å². The number of hydrogen-bond donors (Lipinski definition) is 0. The van der Waals surface area contributed by atoms with E-state index in [1.54, 1.807) is 0 Å². The normalized spacial score (nSPS) is 13.3. The smallest absolute Gasteiger partial charge is 0.216 e. The fraction of sp³-hybridized carbons (Fsp3) is 0.222. The summed E-state index contributed by atoms with van der Waals surface area (Å²) >= 11 is 0. The van der Waals surface area contributed by atoms with Crippen LogP contribution in [-0.4, -0.2) is 0 Å². The van der Waals surface area contributed by atoms with E-state index < -0.39 is 0 Å². The first-order chi connectivity index (χ1) is 70.3. The number of aryl methyl sites for hydroxylation is 12. The first-order valence-corrected chi connectivity index (χ1v) is 52.0. The molecular formula is C135H126N5O5+5. The molecule has 0 spiro atoms. The van der Waals surface area contributed by atoms with Crippen LogP contribution in [0, 0.1) is 48.5 Å². The van der Waals surface area contributed by atoms with Crippen molar-refractivity contribution in [2.24, 2.45) is 35.2 Å². The van der Waals surface area contributed by atoms with Gasteiger partial charge in [0.25, 0.3) is 0 Å². The van der Waals surface area contributed by atoms with Crippen molar-refractivity contribution >= 4 is 164 Å². The molecule has 2 saturated carbocycles. The molecule has 25 aromatic rings. The summed E-state index contributed by atoms with van der Waals surface area (Å²) in [5, 5.41) is 23.7. The van der Waals surface area contributed by atoms with Crippen LogP contribution in [0.4, 0.5) is 0 Å². The lowest BCUT2D eigenvalue weighted by Crippen LogP contribution is -2.33. The second kappa shape index (κ2) is 37.6. The van der Waals surface area contributed by atoms with Gasteiger partial charge >= 0.3 is 0 Å². The Morgan fingerprint density at radius 3 is 0.772 bits per heavy atom. The summed E-state index contributed by atoms with van der Waals surface area (Å²) in [5.41, 5.74) is 36.2. The molecule has 0 radical (unpaired) electrons. The molecule has 0 aliphatic heterocycles. The van der Waals surface area contributed by atoms with Crippen molar-refractivity contribution in [1.29, 1.82) is 0 Å². The Labute approximate surface area is 847 Å². The first-order valence-electron chi connectivity index (χ1n) is 52.0. The molecule has 2 fully saturated rings. The predicted molar refractivity (Wildman–Crippen MR) is 602 cm³/mol. The predicted octanol–water partition coefficient (Wildman–Crippen LogP) is 34.4. The Kier molecular flexibility index (Phi) is 24.1. The van der Waals surface area contributed by atoms with E-state index in [0.717, 1.165) is 67.1 Å². The van der Waals surface area contributed by atoms with Crippen molar-refractivity contribution in [3.63, 3.8) is 0 Å². The largest absolute Gasteiger partial charge is 0.454 e. The quantitative estimate of drug-likeness (QED) is 0.142. The van der Waals surface area contributed by atoms with Crippen molar-refractivity contribution in [2.75, 3.05) is 0 Å². The fourth-order valence-corrected chi connectivity index (χ4v) is 23.6. The van der Waals surface area contributed by atoms with Crippen molar-refractivity contribution in [3.05, 3.63) is 389 Å². The fourth-order valence-electron chi connectivity index (χ4n) is 23.6. The molecule has 0 N–H and O–H groups in total. The molecular weight excluding hydrogens is 1770 g/mol. The van der Waals surface area contributed by atoms with Crippen LogP contribution in [0.5, 0.6) is 0 Å². The highest BCUT2D eigenvalue weighted by atomic mass is 16.3. The van der Waals surface area contributed by atoms with Crippen LogP contribution >= 0.6 is 0 Å². The second-order valence-electron chi connectivity index (χ2n) is 42.6. The second-order valence-corrected chi connectivity index (χ2v) is 42.6. The lowest BCUT2D eigenvalue weighted by molar-refractivity contribution is -0.661. The minimum absolute atomic E-state index is 0.121. The molecule has 10 aromatic heterocycles. The number of nitrogens with zero attached hydrogens (tertiary/aromatic N) is 5. The monoisotopic (exact) mass is 1900 g/mol. The Morgan fingerprint density at radius 2 is 0.483 bits per heavy atom. The van der Waals surface area contributed by atoms with Gasteiger partial charge in [0.15, 0.2) is 31.0 Å². The first kappa shape index (κ1) is 93.0. The summed E-state index contributed by atoms with van der Waals surface area (Å²) < 4.78 is 44.1. The highest BCUT2D eigenvalue weighted by Gasteiger charge is 2.32. The SMILES string of the molecule is Cc1cc(-c2c(C)ccc3c2oc2c4ccccc4ccc32)[n+](C)cc1C.Cc1ccc2c(oc3c4ccccc4ccc23)c1-c1ccc(C(C)(C)C)c[n+]1C.Cc1ccc2c(oc3c4ccccc4ccc23)c1-c1ccc(C(C)C)c[n+]1C.Cc1ccc2c(oc3c4ccccc4ccc23)c1-c1ccc(C2CCCC2)c[n+]1C.Cc1ccc2c(oc3c4ccccc4ccc23)c1-c1ccc(C2CCCCC2)c[n+]1C. The van der Waals surface area contributed by atoms with Gasteiger partial charge in [0.1, 0.15) is 91.1 Å². The van der Waals surface area contributed by atoms with E-state index in [-0.39, 0.29) is 5.41 Å². The topological polar surface area (TPSA) is 85.1 Å². The zero-order valence-corrected chi connectivity index (χ0v) is 86.6. The number of rotatable bonds is 8. The van der Waals surface area contributed by atoms with Gasteiger partial charge in [-0.25, -0.2) is 22.8 Å². The molecule has 2 aliphatic rings. The molecule has 10 heterocycles. The van der Waals surface area contributed by atoms with E-state index in [2.05, 4.69) is 469 Å². The van der Waals surface area contributed by atoms with E-state index in [1.165, 1.54) is 278 Å². The summed E-state index contributed by atoms with van der Waals surface area (Å²) in [7, 11) is 10.7. The zero-order chi connectivity index (χ0) is 99.6. The number of pyridine rings is 5. The van der Waals surface area contributed by atoms with Gasteiger partial charge in [0.2, 0.25) is 28.5 Å². The third-order valence-electron chi connectivity index (χ3n) is 31.8. The summed E-state index contributed by atoms with van der Waals surface area (Å²) in [5.74, 6) is 1.94. The van der Waals surface area contributed by atoms with Gasteiger partial charge in [-0.1, -0.05) is 279 Å². The number of benzene rings is 15. The van der Waals surface area contributed by atoms with Gasteiger partial charge < -0.3 is 22.1 Å². The van der Waals surface area contributed by atoms with Crippen molar-refractivity contribution in [3.8, 4) is 56.3 Å². The van der Waals surface area contributed by atoms with E-state index in [4.69, 9.17) is 22.1 Å². The highest BCUT2D eigenvalue weighted by Crippen LogP contribution is 2.48. The van der Waals surface area contributed by atoms with Crippen molar-refractivity contribution in [1.82, 2.24) is 0 Å². The molecule has 0 amide bonds. The lowest BCUT2D eigenvalue weighted by atomic mass is 9.84. The van der Waals surface area contributed by atoms with Gasteiger partial charge in [-0.05, 0) is 212 Å². The summed E-state index contributed by atoms with van der Waals surface area (Å²) in [6.45, 7) is 26.4. The maximum absolute atomic E-state index is 6.62. The van der Waals surface area contributed by atoms with Crippen LogP contribution in [0.2, 0.25) is 0 Å². The van der Waals surface area contributed by atoms with Gasteiger partial charge in [-0.3, -0.25) is 0 Å². The lowest BCUT2D eigenvalue weighted by Gasteiger charge is -2.21. The molecule has 0 saturated heterocycles. The number of fused-ring (bicyclic) bond motifs is 25.